The molecule has 0 spiro atoms. The molecule has 1 saturated heterocycles. The highest BCUT2D eigenvalue weighted by Gasteiger charge is 2.29. The van der Waals surface area contributed by atoms with Crippen LogP contribution in [0.15, 0.2) is 18.2 Å². The maximum atomic E-state index is 13.3. The number of carbonyl (C=O) groups excluding carboxylic acids is 1. The van der Waals surface area contributed by atoms with E-state index >= 15 is 0 Å². The third-order valence-corrected chi connectivity index (χ3v) is 3.56. The molecule has 2 rings (SSSR count). The molecule has 1 aromatic carbocycles. The number of nitrogens with two attached hydrogens (primary N) is 1. The van der Waals surface area contributed by atoms with E-state index in [1.54, 1.807) is 0 Å². The van der Waals surface area contributed by atoms with Crippen molar-refractivity contribution in [3.05, 3.63) is 35.1 Å². The second kappa shape index (κ2) is 6.70. The molecule has 1 aliphatic rings. The maximum Gasteiger partial charge on any atom is 0.252 e. The molecule has 0 bridgehead atoms. The van der Waals surface area contributed by atoms with E-state index in [9.17, 15) is 9.18 Å². The SMILES string of the molecule is CC1(NC(=O)c2ccc(F)cc2C#CCN)CCOCC1. The normalized spacial score (nSPS) is 16.7. The molecule has 5 heteroatoms. The van der Waals surface area contributed by atoms with E-state index in [0.717, 1.165) is 12.8 Å². The van der Waals surface area contributed by atoms with Crippen LogP contribution in [0.2, 0.25) is 0 Å². The highest BCUT2D eigenvalue weighted by molar-refractivity contribution is 5.97. The minimum Gasteiger partial charge on any atom is -0.381 e. The van der Waals surface area contributed by atoms with Crippen LogP contribution in [-0.4, -0.2) is 31.2 Å². The summed E-state index contributed by atoms with van der Waals surface area (Å²) >= 11 is 0. The van der Waals surface area contributed by atoms with Crippen LogP contribution in [0.5, 0.6) is 0 Å². The molecule has 1 aliphatic heterocycles. The third kappa shape index (κ3) is 4.03. The van der Waals surface area contributed by atoms with Crippen LogP contribution in [0.4, 0.5) is 4.39 Å². The molecule has 1 amide bonds. The second-order valence-electron chi connectivity index (χ2n) is 5.32. The van der Waals surface area contributed by atoms with Gasteiger partial charge in [-0.2, -0.15) is 0 Å². The van der Waals surface area contributed by atoms with Gasteiger partial charge in [0.2, 0.25) is 0 Å². The summed E-state index contributed by atoms with van der Waals surface area (Å²) in [7, 11) is 0. The molecule has 1 fully saturated rings. The Morgan fingerprint density at radius 3 is 2.86 bits per heavy atom. The molecular weight excluding hydrogens is 271 g/mol. The van der Waals surface area contributed by atoms with Crippen LogP contribution >= 0.6 is 0 Å². The molecule has 3 N–H and O–H groups in total. The molecule has 21 heavy (non-hydrogen) atoms. The van der Waals surface area contributed by atoms with Crippen LogP contribution in [0.3, 0.4) is 0 Å². The van der Waals surface area contributed by atoms with Crippen molar-refractivity contribution < 1.29 is 13.9 Å². The quantitative estimate of drug-likeness (QED) is 0.810. The lowest BCUT2D eigenvalue weighted by atomic mass is 9.92. The number of hydrogen-bond acceptors (Lipinski definition) is 3. The van der Waals surface area contributed by atoms with Crippen LogP contribution < -0.4 is 11.1 Å². The number of hydrogen-bond donors (Lipinski definition) is 2. The Hall–Kier alpha value is -1.90. The maximum absolute atomic E-state index is 13.3. The Labute approximate surface area is 123 Å². The summed E-state index contributed by atoms with van der Waals surface area (Å²) < 4.78 is 18.6. The average Bonchev–Trinajstić information content (AvgIpc) is 2.45. The lowest BCUT2D eigenvalue weighted by Crippen LogP contribution is -2.49. The molecule has 0 saturated carbocycles. The van der Waals surface area contributed by atoms with Crippen molar-refractivity contribution in [2.45, 2.75) is 25.3 Å². The van der Waals surface area contributed by atoms with Crippen molar-refractivity contribution in [1.29, 1.82) is 0 Å². The Kier molecular flexibility index (Phi) is 4.94. The van der Waals surface area contributed by atoms with Gasteiger partial charge in [0.15, 0.2) is 0 Å². The molecule has 1 aromatic rings. The van der Waals surface area contributed by atoms with Gasteiger partial charge in [-0.1, -0.05) is 11.8 Å². The summed E-state index contributed by atoms with van der Waals surface area (Å²) in [5.41, 5.74) is 5.75. The largest absolute Gasteiger partial charge is 0.381 e. The number of rotatable bonds is 2. The third-order valence-electron chi connectivity index (χ3n) is 3.56. The lowest BCUT2D eigenvalue weighted by molar-refractivity contribution is 0.0423. The fourth-order valence-corrected chi connectivity index (χ4v) is 2.25. The van der Waals surface area contributed by atoms with Crippen molar-refractivity contribution in [3.8, 4) is 11.8 Å². The van der Waals surface area contributed by atoms with E-state index in [1.165, 1.54) is 18.2 Å². The van der Waals surface area contributed by atoms with Crippen LogP contribution in [-0.2, 0) is 4.74 Å². The number of carbonyl (C=O) groups is 1. The fourth-order valence-electron chi connectivity index (χ4n) is 2.25. The lowest BCUT2D eigenvalue weighted by Gasteiger charge is -2.34. The van der Waals surface area contributed by atoms with Gasteiger partial charge in [-0.3, -0.25) is 4.79 Å². The zero-order chi connectivity index (χ0) is 15.3. The summed E-state index contributed by atoms with van der Waals surface area (Å²) in [5, 5.41) is 3.01. The van der Waals surface area contributed by atoms with Crippen LogP contribution in [0.1, 0.15) is 35.7 Å². The van der Waals surface area contributed by atoms with E-state index in [2.05, 4.69) is 17.2 Å². The van der Waals surface area contributed by atoms with Gasteiger partial charge in [0.1, 0.15) is 5.82 Å². The standard InChI is InChI=1S/C16H19FN2O2/c1-16(6-9-21-10-7-16)19-15(20)14-5-4-13(17)11-12(14)3-2-8-18/h4-5,11H,6-10,18H2,1H3,(H,19,20). The van der Waals surface area contributed by atoms with Crippen LogP contribution in [0.25, 0.3) is 0 Å². The summed E-state index contributed by atoms with van der Waals surface area (Å²) in [6, 6.07) is 3.96. The molecule has 4 nitrogen and oxygen atoms in total. The Balaban J connectivity index is 2.22. The van der Waals surface area contributed by atoms with Crippen molar-refractivity contribution in [1.82, 2.24) is 5.32 Å². The van der Waals surface area contributed by atoms with Crippen molar-refractivity contribution in [2.75, 3.05) is 19.8 Å². The molecule has 0 aromatic heterocycles. The Morgan fingerprint density at radius 2 is 2.19 bits per heavy atom. The van der Waals surface area contributed by atoms with E-state index < -0.39 is 5.82 Å². The number of amides is 1. The van der Waals surface area contributed by atoms with E-state index in [4.69, 9.17) is 10.5 Å². The first kappa shape index (κ1) is 15.5. The van der Waals surface area contributed by atoms with Gasteiger partial charge in [0.05, 0.1) is 12.1 Å². The van der Waals surface area contributed by atoms with E-state index in [-0.39, 0.29) is 18.0 Å². The molecule has 0 atom stereocenters. The first-order valence-electron chi connectivity index (χ1n) is 6.93. The highest BCUT2D eigenvalue weighted by atomic mass is 19.1. The fraction of sp³-hybridized carbons (Fsp3) is 0.438. The van der Waals surface area contributed by atoms with Crippen LogP contribution in [0, 0.1) is 17.7 Å². The number of nitrogens with one attached hydrogen (secondary N) is 1. The van der Waals surface area contributed by atoms with Gasteiger partial charge in [-0.05, 0) is 38.0 Å². The van der Waals surface area contributed by atoms with E-state index in [0.29, 0.717) is 24.3 Å². The van der Waals surface area contributed by atoms with Gasteiger partial charge in [-0.25, -0.2) is 4.39 Å². The van der Waals surface area contributed by atoms with Gasteiger partial charge in [0.25, 0.3) is 5.91 Å². The smallest absolute Gasteiger partial charge is 0.252 e. The summed E-state index contributed by atoms with van der Waals surface area (Å²) in [6.07, 6.45) is 1.51. The minimum atomic E-state index is -0.426. The summed E-state index contributed by atoms with van der Waals surface area (Å²) in [6.45, 7) is 3.40. The van der Waals surface area contributed by atoms with E-state index in [1.807, 2.05) is 6.92 Å². The Morgan fingerprint density at radius 1 is 1.48 bits per heavy atom. The molecule has 0 aliphatic carbocycles. The number of ether oxygens (including phenoxy) is 1. The highest BCUT2D eigenvalue weighted by Crippen LogP contribution is 2.21. The average molecular weight is 290 g/mol. The number of halogens is 1. The van der Waals surface area contributed by atoms with Gasteiger partial charge >= 0.3 is 0 Å². The predicted molar refractivity (Wildman–Crippen MR) is 78.3 cm³/mol. The molecule has 0 radical (unpaired) electrons. The second-order valence-corrected chi connectivity index (χ2v) is 5.32. The molecule has 0 unspecified atom stereocenters. The predicted octanol–water partition coefficient (Wildman–Crippen LogP) is 1.43. The molecule has 1 heterocycles. The molecular formula is C16H19FN2O2. The monoisotopic (exact) mass is 290 g/mol. The van der Waals surface area contributed by atoms with Gasteiger partial charge in [0, 0.05) is 24.3 Å². The van der Waals surface area contributed by atoms with Crippen molar-refractivity contribution >= 4 is 5.91 Å². The van der Waals surface area contributed by atoms with Crippen molar-refractivity contribution in [3.63, 3.8) is 0 Å². The zero-order valence-electron chi connectivity index (χ0n) is 12.0. The first-order chi connectivity index (χ1) is 10.0. The summed E-state index contributed by atoms with van der Waals surface area (Å²) in [4.78, 5) is 12.4. The molecule has 112 valence electrons. The minimum absolute atomic E-state index is 0.159. The topological polar surface area (TPSA) is 64.4 Å². The summed E-state index contributed by atoms with van der Waals surface area (Å²) in [5.74, 6) is 4.72. The zero-order valence-corrected chi connectivity index (χ0v) is 12.0. The Bertz CT molecular complexity index is 584. The first-order valence-corrected chi connectivity index (χ1v) is 6.93. The van der Waals surface area contributed by atoms with Gasteiger partial charge < -0.3 is 15.8 Å². The van der Waals surface area contributed by atoms with Crippen molar-refractivity contribution in [2.24, 2.45) is 5.73 Å². The number of benzene rings is 1. The van der Waals surface area contributed by atoms with Gasteiger partial charge in [-0.15, -0.1) is 0 Å².